The Bertz CT molecular complexity index is 833. The van der Waals surface area contributed by atoms with E-state index in [1.807, 2.05) is 49.3 Å². The van der Waals surface area contributed by atoms with E-state index in [0.29, 0.717) is 0 Å². The molecule has 1 atom stereocenters. The largest absolute Gasteiger partial charge is 0.433 e. The molecule has 0 heterocycles. The third-order valence-electron chi connectivity index (χ3n) is 3.70. The van der Waals surface area contributed by atoms with Crippen molar-refractivity contribution in [2.24, 2.45) is 0 Å². The molecule has 2 aromatic carbocycles. The lowest BCUT2D eigenvalue weighted by atomic mass is 10.1. The molecule has 0 aromatic heterocycles. The Balaban J connectivity index is 2.16. The Morgan fingerprint density at radius 2 is 1.81 bits per heavy atom. The second kappa shape index (κ2) is 8.77. The lowest BCUT2D eigenvalue weighted by Crippen LogP contribution is -2.34. The normalized spacial score (nSPS) is 13.2. The van der Waals surface area contributed by atoms with Crippen LogP contribution in [-0.4, -0.2) is 40.6 Å². The number of benzene rings is 2. The summed E-state index contributed by atoms with van der Waals surface area (Å²) in [7, 11) is -0.176. The average molecular weight is 405 g/mol. The molecule has 1 unspecified atom stereocenters. The highest BCUT2D eigenvalue weighted by Gasteiger charge is 2.21. The third-order valence-corrected chi connectivity index (χ3v) is 5.42. The maximum absolute atomic E-state index is 12.5. The highest BCUT2D eigenvalue weighted by atomic mass is 35.5. The molecule has 2 rings (SSSR count). The van der Waals surface area contributed by atoms with Gasteiger partial charge in [0.25, 0.3) is 0 Å². The summed E-state index contributed by atoms with van der Waals surface area (Å²) in [5.74, 6) is -0.281. The minimum atomic E-state index is -3.87. The van der Waals surface area contributed by atoms with Gasteiger partial charge in [0.2, 0.25) is 10.0 Å². The van der Waals surface area contributed by atoms with Crippen LogP contribution in [0.15, 0.2) is 53.4 Å². The zero-order valence-corrected chi connectivity index (χ0v) is 15.8. The monoisotopic (exact) mass is 404 g/mol. The van der Waals surface area contributed by atoms with Crippen molar-refractivity contribution < 1.29 is 21.9 Å². The predicted octanol–water partition coefficient (Wildman–Crippen LogP) is 3.52. The van der Waals surface area contributed by atoms with Crippen LogP contribution in [-0.2, 0) is 10.0 Å². The number of hydrogen-bond acceptors (Lipinski definition) is 4. The first-order valence-electron chi connectivity index (χ1n) is 7.66. The maximum atomic E-state index is 12.5. The fourth-order valence-electron chi connectivity index (χ4n) is 2.39. The number of sulfonamides is 1. The first-order chi connectivity index (χ1) is 12.2. The van der Waals surface area contributed by atoms with Crippen molar-refractivity contribution in [3.05, 3.63) is 59.1 Å². The highest BCUT2D eigenvalue weighted by molar-refractivity contribution is 7.89. The molecule has 2 aromatic rings. The SMILES string of the molecule is CN(C)C(CNS(=O)(=O)c1ccc(OC(F)F)c(Cl)c1)c1ccccc1. The summed E-state index contributed by atoms with van der Waals surface area (Å²) in [6.07, 6.45) is 0. The van der Waals surface area contributed by atoms with E-state index in [2.05, 4.69) is 9.46 Å². The van der Waals surface area contributed by atoms with Crippen LogP contribution in [0.25, 0.3) is 0 Å². The van der Waals surface area contributed by atoms with Crippen LogP contribution < -0.4 is 9.46 Å². The molecule has 9 heteroatoms. The number of rotatable bonds is 8. The summed E-state index contributed by atoms with van der Waals surface area (Å²) in [5.41, 5.74) is 0.957. The van der Waals surface area contributed by atoms with E-state index in [9.17, 15) is 17.2 Å². The number of nitrogens with zero attached hydrogens (tertiary/aromatic N) is 1. The highest BCUT2D eigenvalue weighted by Crippen LogP contribution is 2.28. The summed E-state index contributed by atoms with van der Waals surface area (Å²) in [6.45, 7) is -2.91. The molecule has 0 aliphatic carbocycles. The van der Waals surface area contributed by atoms with Gasteiger partial charge in [0.05, 0.1) is 9.92 Å². The van der Waals surface area contributed by atoms with Gasteiger partial charge in [0.1, 0.15) is 5.75 Å². The number of halogens is 3. The number of nitrogens with one attached hydrogen (secondary N) is 1. The Labute approximate surface area is 156 Å². The van der Waals surface area contributed by atoms with E-state index in [0.717, 1.165) is 17.7 Å². The Morgan fingerprint density at radius 1 is 1.15 bits per heavy atom. The van der Waals surface area contributed by atoms with Crippen molar-refractivity contribution in [2.45, 2.75) is 17.5 Å². The quantitative estimate of drug-likeness (QED) is 0.731. The molecule has 0 amide bonds. The number of likely N-dealkylation sites (N-methyl/N-ethyl adjacent to an activating group) is 1. The molecular formula is C17H19ClF2N2O3S. The average Bonchev–Trinajstić information content (AvgIpc) is 2.57. The van der Waals surface area contributed by atoms with E-state index >= 15 is 0 Å². The molecule has 0 saturated carbocycles. The van der Waals surface area contributed by atoms with Gasteiger partial charge >= 0.3 is 6.61 Å². The Kier molecular flexibility index (Phi) is 6.94. The van der Waals surface area contributed by atoms with Crippen LogP contribution in [0, 0.1) is 0 Å². The van der Waals surface area contributed by atoms with Crippen LogP contribution in [0.2, 0.25) is 5.02 Å². The first kappa shape index (κ1) is 20.6. The molecule has 0 aliphatic rings. The van der Waals surface area contributed by atoms with Crippen molar-refractivity contribution in [3.63, 3.8) is 0 Å². The van der Waals surface area contributed by atoms with Gasteiger partial charge in [-0.3, -0.25) is 0 Å². The van der Waals surface area contributed by atoms with Crippen molar-refractivity contribution >= 4 is 21.6 Å². The molecule has 0 aliphatic heterocycles. The van der Waals surface area contributed by atoms with Gasteiger partial charge in [-0.25, -0.2) is 13.1 Å². The molecule has 5 nitrogen and oxygen atoms in total. The summed E-state index contributed by atoms with van der Waals surface area (Å²) in [4.78, 5) is 1.76. The Morgan fingerprint density at radius 3 is 2.35 bits per heavy atom. The molecule has 0 bridgehead atoms. The fraction of sp³-hybridized carbons (Fsp3) is 0.294. The van der Waals surface area contributed by atoms with E-state index in [4.69, 9.17) is 11.6 Å². The molecule has 26 heavy (non-hydrogen) atoms. The number of hydrogen-bond donors (Lipinski definition) is 1. The van der Waals surface area contributed by atoms with Gasteiger partial charge in [-0.2, -0.15) is 8.78 Å². The first-order valence-corrected chi connectivity index (χ1v) is 9.52. The number of ether oxygens (including phenoxy) is 1. The predicted molar refractivity (Wildman–Crippen MR) is 96.1 cm³/mol. The molecule has 0 fully saturated rings. The standard InChI is InChI=1S/C17H19ClF2N2O3S/c1-22(2)15(12-6-4-3-5-7-12)11-21-26(23,24)13-8-9-16(14(18)10-13)25-17(19)20/h3-10,15,17,21H,11H2,1-2H3. The smallest absolute Gasteiger partial charge is 0.387 e. The molecule has 142 valence electrons. The van der Waals surface area contributed by atoms with Gasteiger partial charge in [-0.1, -0.05) is 41.9 Å². The van der Waals surface area contributed by atoms with E-state index < -0.39 is 16.6 Å². The fourth-order valence-corrected chi connectivity index (χ4v) is 3.74. The van der Waals surface area contributed by atoms with Crippen molar-refractivity contribution in [1.82, 2.24) is 9.62 Å². The molecule has 0 radical (unpaired) electrons. The van der Waals surface area contributed by atoms with Gasteiger partial charge in [-0.15, -0.1) is 0 Å². The van der Waals surface area contributed by atoms with E-state index in [-0.39, 0.29) is 28.3 Å². The number of alkyl halides is 2. The van der Waals surface area contributed by atoms with Crippen molar-refractivity contribution in [2.75, 3.05) is 20.6 Å². The van der Waals surface area contributed by atoms with Crippen LogP contribution in [0.4, 0.5) is 8.78 Å². The third kappa shape index (κ3) is 5.38. The second-order valence-corrected chi connectivity index (χ2v) is 7.89. The van der Waals surface area contributed by atoms with Crippen molar-refractivity contribution in [1.29, 1.82) is 0 Å². The van der Waals surface area contributed by atoms with Gasteiger partial charge in [-0.05, 0) is 37.9 Å². The van der Waals surface area contributed by atoms with Gasteiger partial charge < -0.3 is 9.64 Å². The zero-order chi connectivity index (χ0) is 19.3. The molecule has 1 N–H and O–H groups in total. The van der Waals surface area contributed by atoms with Crippen LogP contribution in [0.3, 0.4) is 0 Å². The molecule has 0 spiro atoms. The van der Waals surface area contributed by atoms with Crippen molar-refractivity contribution in [3.8, 4) is 5.75 Å². The van der Waals surface area contributed by atoms with Crippen LogP contribution >= 0.6 is 11.6 Å². The lowest BCUT2D eigenvalue weighted by Gasteiger charge is -2.25. The summed E-state index contributed by atoms with van der Waals surface area (Å²) < 4.78 is 56.3. The maximum Gasteiger partial charge on any atom is 0.387 e. The van der Waals surface area contributed by atoms with E-state index in [1.54, 1.807) is 0 Å². The topological polar surface area (TPSA) is 58.6 Å². The minimum absolute atomic E-state index is 0.130. The van der Waals surface area contributed by atoms with Crippen LogP contribution in [0.5, 0.6) is 5.75 Å². The van der Waals surface area contributed by atoms with Crippen LogP contribution in [0.1, 0.15) is 11.6 Å². The van der Waals surface area contributed by atoms with E-state index in [1.165, 1.54) is 6.07 Å². The summed E-state index contributed by atoms with van der Waals surface area (Å²) >= 11 is 5.83. The lowest BCUT2D eigenvalue weighted by molar-refractivity contribution is -0.0498. The summed E-state index contributed by atoms with van der Waals surface area (Å²) in [5, 5.41) is -0.208. The van der Waals surface area contributed by atoms with Gasteiger partial charge in [0, 0.05) is 12.6 Å². The molecular weight excluding hydrogens is 386 g/mol. The Hall–Kier alpha value is -1.74. The zero-order valence-electron chi connectivity index (χ0n) is 14.2. The minimum Gasteiger partial charge on any atom is -0.433 e. The summed E-state index contributed by atoms with van der Waals surface area (Å²) in [6, 6.07) is 12.6. The van der Waals surface area contributed by atoms with Gasteiger partial charge in [0.15, 0.2) is 0 Å². The molecule has 0 saturated heterocycles. The second-order valence-electron chi connectivity index (χ2n) is 5.71.